The van der Waals surface area contributed by atoms with Crippen molar-refractivity contribution in [1.82, 2.24) is 9.97 Å². The number of hydrogen-bond donors (Lipinski definition) is 1. The van der Waals surface area contributed by atoms with Crippen molar-refractivity contribution in [2.24, 2.45) is 0 Å². The minimum Gasteiger partial charge on any atom is -0.435 e. The summed E-state index contributed by atoms with van der Waals surface area (Å²) in [5.74, 6) is 0.515. The van der Waals surface area contributed by atoms with Crippen molar-refractivity contribution in [3.63, 3.8) is 0 Å². The van der Waals surface area contributed by atoms with E-state index in [2.05, 4.69) is 20.0 Å². The first-order valence-electron chi connectivity index (χ1n) is 6.18. The van der Waals surface area contributed by atoms with Gasteiger partial charge in [-0.1, -0.05) is 18.2 Å². The zero-order valence-corrected chi connectivity index (χ0v) is 11.0. The number of rotatable bonds is 6. The van der Waals surface area contributed by atoms with Gasteiger partial charge in [0.05, 0.1) is 0 Å². The largest absolute Gasteiger partial charge is 0.435 e. The van der Waals surface area contributed by atoms with Gasteiger partial charge in [0.25, 0.3) is 0 Å². The Morgan fingerprint density at radius 2 is 2.00 bits per heavy atom. The van der Waals surface area contributed by atoms with E-state index in [9.17, 15) is 8.78 Å². The summed E-state index contributed by atoms with van der Waals surface area (Å²) in [6, 6.07) is 8.50. The fourth-order valence-corrected chi connectivity index (χ4v) is 1.79. The first-order valence-corrected chi connectivity index (χ1v) is 6.18. The third-order valence-electron chi connectivity index (χ3n) is 2.68. The molecule has 2 rings (SSSR count). The molecule has 0 aliphatic carbocycles. The summed E-state index contributed by atoms with van der Waals surface area (Å²) in [7, 11) is 0. The van der Waals surface area contributed by atoms with Crippen LogP contribution in [0.1, 0.15) is 11.3 Å². The second-order valence-electron chi connectivity index (χ2n) is 4.03. The lowest BCUT2D eigenvalue weighted by molar-refractivity contribution is -0.0504. The van der Waals surface area contributed by atoms with Crippen molar-refractivity contribution in [1.29, 1.82) is 5.26 Å². The van der Waals surface area contributed by atoms with Crippen LogP contribution in [0.25, 0.3) is 0 Å². The molecule has 0 spiro atoms. The number of nitrogens with one attached hydrogen (secondary N) is 1. The lowest BCUT2D eigenvalue weighted by Crippen LogP contribution is -2.10. The minimum atomic E-state index is -2.86. The van der Waals surface area contributed by atoms with Crippen LogP contribution in [-0.2, 0) is 6.42 Å². The highest BCUT2D eigenvalue weighted by Crippen LogP contribution is 2.20. The van der Waals surface area contributed by atoms with Crippen molar-refractivity contribution in [3.8, 4) is 11.8 Å². The number of hydrogen-bond acceptors (Lipinski definition) is 5. The zero-order valence-electron chi connectivity index (χ0n) is 11.0. The molecule has 1 aromatic carbocycles. The Morgan fingerprint density at radius 3 is 2.76 bits per heavy atom. The fourth-order valence-electron chi connectivity index (χ4n) is 1.79. The van der Waals surface area contributed by atoms with Gasteiger partial charge in [-0.05, 0) is 18.1 Å². The Balaban J connectivity index is 1.99. The number of para-hydroxylation sites is 1. The Bertz CT molecular complexity index is 643. The van der Waals surface area contributed by atoms with Gasteiger partial charge in [-0.2, -0.15) is 14.0 Å². The summed E-state index contributed by atoms with van der Waals surface area (Å²) < 4.78 is 29.0. The Labute approximate surface area is 120 Å². The summed E-state index contributed by atoms with van der Waals surface area (Å²) in [5.41, 5.74) is 0.835. The van der Waals surface area contributed by atoms with Crippen molar-refractivity contribution < 1.29 is 13.5 Å². The molecule has 0 unspecified atom stereocenters. The SMILES string of the molecule is N#Cc1nccnc1NCCc1ccccc1OC(F)F. The van der Waals surface area contributed by atoms with Crippen molar-refractivity contribution in [3.05, 3.63) is 47.9 Å². The summed E-state index contributed by atoms with van der Waals surface area (Å²) in [4.78, 5) is 7.87. The second kappa shape index (κ2) is 7.14. The molecule has 0 bridgehead atoms. The van der Waals surface area contributed by atoms with Crippen molar-refractivity contribution in [2.75, 3.05) is 11.9 Å². The van der Waals surface area contributed by atoms with Crippen LogP contribution in [0, 0.1) is 11.3 Å². The molecule has 0 saturated carbocycles. The highest BCUT2D eigenvalue weighted by molar-refractivity contribution is 5.47. The number of nitrogens with zero attached hydrogens (tertiary/aromatic N) is 3. The van der Waals surface area contributed by atoms with Gasteiger partial charge in [-0.15, -0.1) is 0 Å². The monoisotopic (exact) mass is 290 g/mol. The van der Waals surface area contributed by atoms with Crippen LogP contribution in [-0.4, -0.2) is 23.1 Å². The van der Waals surface area contributed by atoms with Gasteiger partial charge in [-0.25, -0.2) is 9.97 Å². The summed E-state index contributed by atoms with van der Waals surface area (Å²) in [6.45, 7) is -2.44. The molecule has 0 aliphatic heterocycles. The minimum absolute atomic E-state index is 0.147. The predicted molar refractivity (Wildman–Crippen MR) is 72.0 cm³/mol. The molecule has 5 nitrogen and oxygen atoms in total. The van der Waals surface area contributed by atoms with E-state index in [1.54, 1.807) is 18.2 Å². The molecule has 0 fully saturated rings. The lowest BCUT2D eigenvalue weighted by Gasteiger charge is -2.11. The van der Waals surface area contributed by atoms with Crippen molar-refractivity contribution in [2.45, 2.75) is 13.0 Å². The van der Waals surface area contributed by atoms with Gasteiger partial charge in [0, 0.05) is 18.9 Å². The third kappa shape index (κ3) is 4.11. The summed E-state index contributed by atoms with van der Waals surface area (Å²) >= 11 is 0. The van der Waals surface area contributed by atoms with Crippen LogP contribution in [0.4, 0.5) is 14.6 Å². The number of nitriles is 1. The van der Waals surface area contributed by atoms with E-state index in [1.807, 2.05) is 6.07 Å². The first kappa shape index (κ1) is 14.7. The molecule has 21 heavy (non-hydrogen) atoms. The maximum atomic E-state index is 12.3. The van der Waals surface area contributed by atoms with E-state index in [4.69, 9.17) is 5.26 Å². The number of halogens is 2. The number of alkyl halides is 2. The molecule has 7 heteroatoms. The molecule has 0 radical (unpaired) electrons. The fraction of sp³-hybridized carbons (Fsp3) is 0.214. The Morgan fingerprint density at radius 1 is 1.24 bits per heavy atom. The third-order valence-corrected chi connectivity index (χ3v) is 2.68. The summed E-state index contributed by atoms with van der Waals surface area (Å²) in [6.07, 6.45) is 3.34. The zero-order chi connectivity index (χ0) is 15.1. The standard InChI is InChI=1S/C14H12F2N4O/c15-14(16)21-12-4-2-1-3-10(12)5-6-19-13-11(9-17)18-7-8-20-13/h1-4,7-8,14H,5-6H2,(H,19,20). The van der Waals surface area contributed by atoms with Crippen LogP contribution < -0.4 is 10.1 Å². The molecule has 0 saturated heterocycles. The molecule has 1 N–H and O–H groups in total. The van der Waals surface area contributed by atoms with Crippen LogP contribution in [0.15, 0.2) is 36.7 Å². The van der Waals surface area contributed by atoms with Crippen LogP contribution in [0.3, 0.4) is 0 Å². The van der Waals surface area contributed by atoms with Crippen molar-refractivity contribution >= 4 is 5.82 Å². The maximum Gasteiger partial charge on any atom is 0.387 e. The molecule has 1 aromatic heterocycles. The maximum absolute atomic E-state index is 12.3. The molecule has 2 aromatic rings. The van der Waals surface area contributed by atoms with Gasteiger partial charge < -0.3 is 10.1 Å². The number of benzene rings is 1. The number of anilines is 1. The molecule has 108 valence electrons. The van der Waals surface area contributed by atoms with E-state index in [1.165, 1.54) is 18.5 Å². The van der Waals surface area contributed by atoms with E-state index in [-0.39, 0.29) is 11.4 Å². The Kier molecular flexibility index (Phi) is 4.99. The van der Waals surface area contributed by atoms with E-state index in [0.29, 0.717) is 24.3 Å². The first-order chi connectivity index (χ1) is 10.2. The highest BCUT2D eigenvalue weighted by atomic mass is 19.3. The molecule has 0 aliphatic rings. The Hall–Kier alpha value is -2.75. The van der Waals surface area contributed by atoms with E-state index >= 15 is 0 Å². The normalized spacial score (nSPS) is 10.2. The molecule has 0 amide bonds. The molecular formula is C14H12F2N4O. The topological polar surface area (TPSA) is 70.8 Å². The van der Waals surface area contributed by atoms with E-state index in [0.717, 1.165) is 0 Å². The molecule has 1 heterocycles. The predicted octanol–water partition coefficient (Wildman–Crippen LogP) is 2.60. The van der Waals surface area contributed by atoms with Gasteiger partial charge in [0.1, 0.15) is 11.8 Å². The van der Waals surface area contributed by atoms with Gasteiger partial charge in [0.2, 0.25) is 0 Å². The van der Waals surface area contributed by atoms with Gasteiger partial charge >= 0.3 is 6.61 Å². The van der Waals surface area contributed by atoms with Crippen LogP contribution >= 0.6 is 0 Å². The quantitative estimate of drug-likeness (QED) is 0.885. The molecular weight excluding hydrogens is 278 g/mol. The van der Waals surface area contributed by atoms with Gasteiger partial charge in [-0.3, -0.25) is 0 Å². The summed E-state index contributed by atoms with van der Waals surface area (Å²) in [5, 5.41) is 11.8. The van der Waals surface area contributed by atoms with Crippen LogP contribution in [0.2, 0.25) is 0 Å². The number of ether oxygens (including phenoxy) is 1. The smallest absolute Gasteiger partial charge is 0.387 e. The van der Waals surface area contributed by atoms with Gasteiger partial charge in [0.15, 0.2) is 11.5 Å². The van der Waals surface area contributed by atoms with Crippen LogP contribution in [0.5, 0.6) is 5.75 Å². The average molecular weight is 290 g/mol. The number of aromatic nitrogens is 2. The lowest BCUT2D eigenvalue weighted by atomic mass is 10.1. The highest BCUT2D eigenvalue weighted by Gasteiger charge is 2.09. The average Bonchev–Trinajstić information content (AvgIpc) is 2.49. The molecule has 0 atom stereocenters. The second-order valence-corrected chi connectivity index (χ2v) is 4.03. The van der Waals surface area contributed by atoms with E-state index < -0.39 is 6.61 Å².